The Balaban J connectivity index is 1.67. The molecule has 0 saturated heterocycles. The summed E-state index contributed by atoms with van der Waals surface area (Å²) < 4.78 is 25.8. The fourth-order valence-electron chi connectivity index (χ4n) is 2.89. The zero-order valence-electron chi connectivity index (χ0n) is 18.5. The number of anilines is 1. The van der Waals surface area contributed by atoms with E-state index < -0.39 is 10.0 Å². The van der Waals surface area contributed by atoms with Crippen molar-refractivity contribution < 1.29 is 13.2 Å². The lowest BCUT2D eigenvalue weighted by Gasteiger charge is -2.16. The average molecular weight is 474 g/mol. The molecule has 3 rings (SSSR count). The van der Waals surface area contributed by atoms with Gasteiger partial charge in [0.1, 0.15) is 0 Å². The van der Waals surface area contributed by atoms with Crippen LogP contribution in [0.15, 0.2) is 63.5 Å². The van der Waals surface area contributed by atoms with E-state index in [-0.39, 0.29) is 10.8 Å². The molecule has 1 heterocycles. The van der Waals surface area contributed by atoms with Crippen molar-refractivity contribution in [2.45, 2.75) is 25.2 Å². The van der Waals surface area contributed by atoms with Gasteiger partial charge in [-0.15, -0.1) is 0 Å². The van der Waals surface area contributed by atoms with Crippen LogP contribution in [0.3, 0.4) is 0 Å². The van der Waals surface area contributed by atoms with Crippen LogP contribution in [-0.4, -0.2) is 49.4 Å². The largest absolute Gasteiger partial charge is 0.326 e. The minimum Gasteiger partial charge on any atom is -0.326 e. The third kappa shape index (κ3) is 6.18. The number of amidine groups is 1. The highest BCUT2D eigenvalue weighted by Crippen LogP contribution is 2.23. The van der Waals surface area contributed by atoms with Gasteiger partial charge in [-0.25, -0.2) is 17.7 Å². The van der Waals surface area contributed by atoms with Gasteiger partial charge in [0.05, 0.1) is 16.3 Å². The summed E-state index contributed by atoms with van der Waals surface area (Å²) in [6.45, 7) is 4.02. The van der Waals surface area contributed by atoms with Gasteiger partial charge in [0, 0.05) is 32.0 Å². The first kappa shape index (κ1) is 24.0. The maximum absolute atomic E-state index is 12.3. The van der Waals surface area contributed by atoms with E-state index in [1.54, 1.807) is 18.2 Å². The van der Waals surface area contributed by atoms with Crippen LogP contribution in [0.1, 0.15) is 25.8 Å². The van der Waals surface area contributed by atoms with Crippen molar-refractivity contribution in [2.75, 3.05) is 25.2 Å². The van der Waals surface area contributed by atoms with E-state index in [0.717, 1.165) is 17.0 Å². The highest BCUT2D eigenvalue weighted by Gasteiger charge is 2.18. The molecule has 0 bridgehead atoms. The molecule has 2 aromatic carbocycles. The molecule has 0 radical (unpaired) electrons. The number of carbonyl (C=O) groups is 1. The summed E-state index contributed by atoms with van der Waals surface area (Å²) in [7, 11) is -0.530. The maximum atomic E-state index is 12.3. The molecule has 170 valence electrons. The van der Waals surface area contributed by atoms with Gasteiger partial charge in [0.2, 0.25) is 15.9 Å². The van der Waals surface area contributed by atoms with Crippen LogP contribution in [0, 0.1) is 5.92 Å². The molecule has 0 spiro atoms. The first-order chi connectivity index (χ1) is 15.1. The topological polar surface area (TPSA) is 103 Å². The van der Waals surface area contributed by atoms with Crippen molar-refractivity contribution in [1.29, 1.82) is 0 Å². The molecule has 0 atom stereocenters. The Morgan fingerprint density at radius 1 is 1.22 bits per heavy atom. The Kier molecular flexibility index (Phi) is 7.70. The average Bonchev–Trinajstić information content (AvgIpc) is 2.74. The van der Waals surface area contributed by atoms with Gasteiger partial charge in [-0.3, -0.25) is 10.2 Å². The number of amides is 1. The molecule has 32 heavy (non-hydrogen) atoms. The SMILES string of the molecule is CC(C)CC(=O)Nc1ccc(C2=NNC(=Nc3cccc(S(=O)(=O)N(C)C)c3)SC2)cc1. The molecule has 0 aromatic heterocycles. The second-order valence-corrected chi connectivity index (χ2v) is 11.0. The zero-order valence-corrected chi connectivity index (χ0v) is 20.1. The minimum atomic E-state index is -3.52. The second kappa shape index (κ2) is 10.3. The molecule has 2 aromatic rings. The number of benzene rings is 2. The number of carbonyl (C=O) groups excluding carboxylic acids is 1. The number of sulfonamides is 1. The molecule has 2 N–H and O–H groups in total. The first-order valence-corrected chi connectivity index (χ1v) is 12.5. The fraction of sp³-hybridized carbons (Fsp3) is 0.318. The molecule has 8 nitrogen and oxygen atoms in total. The molecule has 0 fully saturated rings. The Bertz CT molecular complexity index is 1140. The van der Waals surface area contributed by atoms with Gasteiger partial charge in [-0.05, 0) is 41.8 Å². The highest BCUT2D eigenvalue weighted by molar-refractivity contribution is 8.14. The molecule has 10 heteroatoms. The van der Waals surface area contributed by atoms with Crippen LogP contribution in [0.2, 0.25) is 0 Å². The van der Waals surface area contributed by atoms with Gasteiger partial charge in [0.15, 0.2) is 5.17 Å². The standard InChI is InChI=1S/C22H27N5O3S2/c1-15(2)12-21(28)23-17-10-8-16(9-11-17)20-14-31-22(26-25-20)24-18-6-5-7-19(13-18)32(29,30)27(3)4/h5-11,13,15H,12,14H2,1-4H3,(H,23,28)(H,24,26). The Morgan fingerprint density at radius 2 is 1.94 bits per heavy atom. The lowest BCUT2D eigenvalue weighted by Crippen LogP contribution is -2.25. The van der Waals surface area contributed by atoms with Crippen LogP contribution in [-0.2, 0) is 14.8 Å². The van der Waals surface area contributed by atoms with Crippen LogP contribution in [0.4, 0.5) is 11.4 Å². The monoisotopic (exact) mass is 473 g/mol. The maximum Gasteiger partial charge on any atom is 0.242 e. The van der Waals surface area contributed by atoms with E-state index in [2.05, 4.69) is 20.8 Å². The summed E-state index contributed by atoms with van der Waals surface area (Å²) in [6, 6.07) is 14.1. The number of nitrogens with zero attached hydrogens (tertiary/aromatic N) is 3. The second-order valence-electron chi connectivity index (χ2n) is 7.88. The highest BCUT2D eigenvalue weighted by atomic mass is 32.2. The Hall–Kier alpha value is -2.69. The number of nitrogens with one attached hydrogen (secondary N) is 2. The number of hydrazone groups is 1. The van der Waals surface area contributed by atoms with E-state index in [0.29, 0.717) is 28.9 Å². The van der Waals surface area contributed by atoms with Crippen molar-refractivity contribution in [3.8, 4) is 0 Å². The number of hydrogen-bond acceptors (Lipinski definition) is 6. The van der Waals surface area contributed by atoms with Gasteiger partial charge in [-0.2, -0.15) is 5.10 Å². The van der Waals surface area contributed by atoms with E-state index in [1.807, 2.05) is 38.1 Å². The smallest absolute Gasteiger partial charge is 0.242 e. The van der Waals surface area contributed by atoms with E-state index in [9.17, 15) is 13.2 Å². The zero-order chi connectivity index (χ0) is 23.3. The van der Waals surface area contributed by atoms with E-state index in [4.69, 9.17) is 0 Å². The first-order valence-electron chi connectivity index (χ1n) is 10.1. The van der Waals surface area contributed by atoms with E-state index >= 15 is 0 Å². The van der Waals surface area contributed by atoms with Crippen molar-refractivity contribution in [3.63, 3.8) is 0 Å². The van der Waals surface area contributed by atoms with Crippen molar-refractivity contribution in [2.24, 2.45) is 16.0 Å². The van der Waals surface area contributed by atoms with Crippen LogP contribution < -0.4 is 10.7 Å². The fourth-order valence-corrected chi connectivity index (χ4v) is 4.62. The molecular formula is C22H27N5O3S2. The van der Waals surface area contributed by atoms with Crippen molar-refractivity contribution in [3.05, 3.63) is 54.1 Å². The quantitative estimate of drug-likeness (QED) is 0.639. The summed E-state index contributed by atoms with van der Waals surface area (Å²) in [5.74, 6) is 0.925. The molecule has 0 saturated carbocycles. The van der Waals surface area contributed by atoms with Crippen molar-refractivity contribution in [1.82, 2.24) is 9.73 Å². The summed E-state index contributed by atoms with van der Waals surface area (Å²) in [6.07, 6.45) is 0.487. The van der Waals surface area contributed by atoms with Gasteiger partial charge >= 0.3 is 0 Å². The van der Waals surface area contributed by atoms with E-state index in [1.165, 1.54) is 36.2 Å². The summed E-state index contributed by atoms with van der Waals surface area (Å²) in [4.78, 5) is 16.6. The predicted molar refractivity (Wildman–Crippen MR) is 131 cm³/mol. The van der Waals surface area contributed by atoms with Gasteiger partial charge in [-0.1, -0.05) is 43.8 Å². The molecule has 0 unspecified atom stereocenters. The molecular weight excluding hydrogens is 446 g/mol. The molecule has 0 aliphatic carbocycles. The van der Waals surface area contributed by atoms with Crippen LogP contribution in [0.25, 0.3) is 0 Å². The number of aliphatic imine (C=N–C) groups is 1. The summed E-state index contributed by atoms with van der Waals surface area (Å²) in [5.41, 5.74) is 6.03. The van der Waals surface area contributed by atoms with Crippen molar-refractivity contribution >= 4 is 49.9 Å². The lowest BCUT2D eigenvalue weighted by atomic mass is 10.1. The van der Waals surface area contributed by atoms with Gasteiger partial charge < -0.3 is 5.32 Å². The van der Waals surface area contributed by atoms with Crippen LogP contribution >= 0.6 is 11.8 Å². The normalized spacial score (nSPS) is 15.6. The molecule has 1 aliphatic heterocycles. The predicted octanol–water partition coefficient (Wildman–Crippen LogP) is 3.65. The molecule has 1 amide bonds. The minimum absolute atomic E-state index is 0.00304. The summed E-state index contributed by atoms with van der Waals surface area (Å²) >= 11 is 1.48. The third-order valence-corrected chi connectivity index (χ3v) is 7.24. The number of thioether (sulfide) groups is 1. The lowest BCUT2D eigenvalue weighted by molar-refractivity contribution is -0.116. The number of rotatable bonds is 7. The Labute approximate surface area is 193 Å². The third-order valence-electron chi connectivity index (χ3n) is 4.55. The number of hydrogen-bond donors (Lipinski definition) is 2. The van der Waals surface area contributed by atoms with Crippen LogP contribution in [0.5, 0.6) is 0 Å². The Morgan fingerprint density at radius 3 is 2.53 bits per heavy atom. The summed E-state index contributed by atoms with van der Waals surface area (Å²) in [5, 5.41) is 7.89. The van der Waals surface area contributed by atoms with Gasteiger partial charge in [0.25, 0.3) is 0 Å². The molecule has 1 aliphatic rings.